The van der Waals surface area contributed by atoms with Crippen LogP contribution in [0.4, 0.5) is 0 Å². The normalized spacial score (nSPS) is 15.3. The van der Waals surface area contributed by atoms with E-state index in [9.17, 15) is 4.79 Å². The number of aromatic nitrogens is 2. The second-order valence-electron chi connectivity index (χ2n) is 4.20. The molecule has 1 N–H and O–H groups in total. The topological polar surface area (TPSA) is 45.8 Å². The summed E-state index contributed by atoms with van der Waals surface area (Å²) in [5.41, 5.74) is 0.905. The lowest BCUT2D eigenvalue weighted by Gasteiger charge is -2.00. The van der Waals surface area contributed by atoms with Crippen LogP contribution in [0.25, 0.3) is 10.7 Å². The molecule has 0 bridgehead atoms. The standard InChI is InChI=1S/C12H12N2OS/c1-7-2-5-10(16-7)12-13-9(8-3-4-8)6-11(15)14-12/h2,5-6,8H,3-4H2,1H3,(H,13,14,15). The SMILES string of the molecule is Cc1ccc(-c2nc(C3CC3)cc(=O)[nH]2)s1. The zero-order valence-electron chi connectivity index (χ0n) is 8.99. The lowest BCUT2D eigenvalue weighted by Crippen LogP contribution is -2.09. The van der Waals surface area contributed by atoms with Crippen LogP contribution in [0.1, 0.15) is 29.3 Å². The van der Waals surface area contributed by atoms with Crippen LogP contribution < -0.4 is 5.56 Å². The van der Waals surface area contributed by atoms with Crippen molar-refractivity contribution < 1.29 is 0 Å². The van der Waals surface area contributed by atoms with Crippen LogP contribution in [0.3, 0.4) is 0 Å². The van der Waals surface area contributed by atoms with Gasteiger partial charge in [-0.2, -0.15) is 0 Å². The first kappa shape index (κ1) is 9.78. The Balaban J connectivity index is 2.09. The molecule has 0 aliphatic heterocycles. The van der Waals surface area contributed by atoms with Gasteiger partial charge < -0.3 is 4.98 Å². The van der Waals surface area contributed by atoms with Gasteiger partial charge in [0.25, 0.3) is 5.56 Å². The number of hydrogen-bond acceptors (Lipinski definition) is 3. The summed E-state index contributed by atoms with van der Waals surface area (Å²) < 4.78 is 0. The number of aromatic amines is 1. The molecular formula is C12H12N2OS. The van der Waals surface area contributed by atoms with E-state index in [1.54, 1.807) is 17.4 Å². The van der Waals surface area contributed by atoms with Crippen molar-refractivity contribution in [3.05, 3.63) is 39.1 Å². The summed E-state index contributed by atoms with van der Waals surface area (Å²) in [7, 11) is 0. The largest absolute Gasteiger partial charge is 0.306 e. The molecular weight excluding hydrogens is 220 g/mol. The van der Waals surface area contributed by atoms with Gasteiger partial charge in [-0.3, -0.25) is 4.79 Å². The average molecular weight is 232 g/mol. The minimum Gasteiger partial charge on any atom is -0.306 e. The maximum absolute atomic E-state index is 11.5. The van der Waals surface area contributed by atoms with Crippen molar-refractivity contribution in [1.82, 2.24) is 9.97 Å². The van der Waals surface area contributed by atoms with Gasteiger partial charge in [0.15, 0.2) is 5.82 Å². The molecule has 4 heteroatoms. The van der Waals surface area contributed by atoms with Crippen LogP contribution in [0.2, 0.25) is 0 Å². The van der Waals surface area contributed by atoms with Crippen molar-refractivity contribution in [2.24, 2.45) is 0 Å². The van der Waals surface area contributed by atoms with Gasteiger partial charge in [-0.05, 0) is 31.9 Å². The third-order valence-electron chi connectivity index (χ3n) is 2.73. The highest BCUT2D eigenvalue weighted by atomic mass is 32.1. The van der Waals surface area contributed by atoms with E-state index in [2.05, 4.69) is 16.9 Å². The minimum absolute atomic E-state index is 0.0436. The lowest BCUT2D eigenvalue weighted by molar-refractivity contribution is 0.979. The maximum atomic E-state index is 11.5. The Morgan fingerprint density at radius 3 is 2.88 bits per heavy atom. The van der Waals surface area contributed by atoms with Crippen LogP contribution in [0.15, 0.2) is 23.0 Å². The Bertz CT molecular complexity index is 581. The van der Waals surface area contributed by atoms with E-state index in [0.29, 0.717) is 11.7 Å². The van der Waals surface area contributed by atoms with Crippen molar-refractivity contribution in [2.75, 3.05) is 0 Å². The first-order valence-electron chi connectivity index (χ1n) is 5.40. The summed E-state index contributed by atoms with van der Waals surface area (Å²) in [6.45, 7) is 2.05. The third-order valence-corrected chi connectivity index (χ3v) is 3.74. The van der Waals surface area contributed by atoms with E-state index < -0.39 is 0 Å². The molecule has 2 aromatic heterocycles. The predicted molar refractivity (Wildman–Crippen MR) is 64.9 cm³/mol. The Labute approximate surface area is 97.2 Å². The summed E-state index contributed by atoms with van der Waals surface area (Å²) in [6, 6.07) is 5.68. The molecule has 82 valence electrons. The first-order valence-corrected chi connectivity index (χ1v) is 6.22. The number of aryl methyl sites for hydroxylation is 1. The highest BCUT2D eigenvalue weighted by molar-refractivity contribution is 7.15. The van der Waals surface area contributed by atoms with E-state index in [1.165, 1.54) is 17.7 Å². The molecule has 0 aromatic carbocycles. The molecule has 0 unspecified atom stereocenters. The van der Waals surface area contributed by atoms with E-state index >= 15 is 0 Å². The highest BCUT2D eigenvalue weighted by Crippen LogP contribution is 2.39. The molecule has 3 nitrogen and oxygen atoms in total. The number of thiophene rings is 1. The molecule has 0 atom stereocenters. The Morgan fingerprint density at radius 2 is 2.25 bits per heavy atom. The Hall–Kier alpha value is -1.42. The van der Waals surface area contributed by atoms with Crippen molar-refractivity contribution in [1.29, 1.82) is 0 Å². The molecule has 2 heterocycles. The maximum Gasteiger partial charge on any atom is 0.251 e. The van der Waals surface area contributed by atoms with Crippen molar-refractivity contribution in [3.63, 3.8) is 0 Å². The van der Waals surface area contributed by atoms with Crippen molar-refractivity contribution in [2.45, 2.75) is 25.7 Å². The van der Waals surface area contributed by atoms with Gasteiger partial charge in [-0.25, -0.2) is 4.98 Å². The molecule has 0 amide bonds. The molecule has 0 saturated heterocycles. The average Bonchev–Trinajstić information content (AvgIpc) is 3.01. The summed E-state index contributed by atoms with van der Waals surface area (Å²) in [5.74, 6) is 1.23. The highest BCUT2D eigenvalue weighted by Gasteiger charge is 2.26. The van der Waals surface area contributed by atoms with Gasteiger partial charge in [0.1, 0.15) is 0 Å². The molecule has 1 aliphatic rings. The van der Waals surface area contributed by atoms with Crippen LogP contribution in [0.5, 0.6) is 0 Å². The second kappa shape index (κ2) is 3.56. The first-order chi connectivity index (χ1) is 7.72. The van der Waals surface area contributed by atoms with Crippen molar-refractivity contribution in [3.8, 4) is 10.7 Å². The second-order valence-corrected chi connectivity index (χ2v) is 5.49. The van der Waals surface area contributed by atoms with Crippen LogP contribution in [-0.4, -0.2) is 9.97 Å². The predicted octanol–water partition coefficient (Wildman–Crippen LogP) is 2.68. The molecule has 1 saturated carbocycles. The Morgan fingerprint density at radius 1 is 1.44 bits per heavy atom. The zero-order chi connectivity index (χ0) is 11.1. The number of nitrogens with zero attached hydrogens (tertiary/aromatic N) is 1. The van der Waals surface area contributed by atoms with Gasteiger partial charge in [-0.15, -0.1) is 11.3 Å². The van der Waals surface area contributed by atoms with Crippen LogP contribution in [0, 0.1) is 6.92 Å². The number of rotatable bonds is 2. The quantitative estimate of drug-likeness (QED) is 0.865. The van der Waals surface area contributed by atoms with E-state index in [-0.39, 0.29) is 5.56 Å². The van der Waals surface area contributed by atoms with Crippen molar-refractivity contribution >= 4 is 11.3 Å². The molecule has 16 heavy (non-hydrogen) atoms. The molecule has 3 rings (SSSR count). The van der Waals surface area contributed by atoms with Gasteiger partial charge in [0, 0.05) is 16.9 Å². The summed E-state index contributed by atoms with van der Waals surface area (Å²) in [5, 5.41) is 0. The minimum atomic E-state index is -0.0436. The fourth-order valence-electron chi connectivity index (χ4n) is 1.74. The van der Waals surface area contributed by atoms with E-state index in [4.69, 9.17) is 0 Å². The molecule has 1 aliphatic carbocycles. The molecule has 2 aromatic rings. The van der Waals surface area contributed by atoms with Gasteiger partial charge in [-0.1, -0.05) is 0 Å². The summed E-state index contributed by atoms with van der Waals surface area (Å²) in [4.78, 5) is 21.1. The fourth-order valence-corrected chi connectivity index (χ4v) is 2.56. The van der Waals surface area contributed by atoms with E-state index in [1.807, 2.05) is 12.1 Å². The fraction of sp³-hybridized carbons (Fsp3) is 0.333. The lowest BCUT2D eigenvalue weighted by atomic mass is 10.3. The monoisotopic (exact) mass is 232 g/mol. The molecule has 0 radical (unpaired) electrons. The third kappa shape index (κ3) is 1.80. The number of H-pyrrole nitrogens is 1. The smallest absolute Gasteiger partial charge is 0.251 e. The van der Waals surface area contributed by atoms with Crippen LogP contribution in [-0.2, 0) is 0 Å². The molecule has 0 spiro atoms. The zero-order valence-corrected chi connectivity index (χ0v) is 9.80. The summed E-state index contributed by atoms with van der Waals surface area (Å²) in [6.07, 6.45) is 2.33. The van der Waals surface area contributed by atoms with Crippen LogP contribution >= 0.6 is 11.3 Å². The molecule has 1 fully saturated rings. The summed E-state index contributed by atoms with van der Waals surface area (Å²) >= 11 is 1.66. The van der Waals surface area contributed by atoms with Gasteiger partial charge in [0.05, 0.1) is 10.6 Å². The van der Waals surface area contributed by atoms with E-state index in [0.717, 1.165) is 10.6 Å². The number of hydrogen-bond donors (Lipinski definition) is 1. The number of nitrogens with one attached hydrogen (secondary N) is 1. The Kier molecular flexibility index (Phi) is 2.17. The van der Waals surface area contributed by atoms with Gasteiger partial charge in [0.2, 0.25) is 0 Å². The van der Waals surface area contributed by atoms with Gasteiger partial charge >= 0.3 is 0 Å².